The van der Waals surface area contributed by atoms with Crippen LogP contribution in [0.5, 0.6) is 17.2 Å². The van der Waals surface area contributed by atoms with E-state index in [4.69, 9.17) is 14.2 Å². The third kappa shape index (κ3) is 8.41. The van der Waals surface area contributed by atoms with Gasteiger partial charge in [0.05, 0.1) is 24.4 Å². The number of hydrazone groups is 1. The molecule has 0 bridgehead atoms. The molecule has 0 fully saturated rings. The summed E-state index contributed by atoms with van der Waals surface area (Å²) in [7, 11) is 1.59. The lowest BCUT2D eigenvalue weighted by Gasteiger charge is -2.20. The van der Waals surface area contributed by atoms with Crippen molar-refractivity contribution in [3.05, 3.63) is 87.9 Å². The molecule has 190 valence electrons. The molecule has 6 nitrogen and oxygen atoms in total. The molecule has 36 heavy (non-hydrogen) atoms. The van der Waals surface area contributed by atoms with Gasteiger partial charge in [0.2, 0.25) is 5.91 Å². The van der Waals surface area contributed by atoms with E-state index in [1.165, 1.54) is 5.56 Å². The van der Waals surface area contributed by atoms with Crippen molar-refractivity contribution in [2.75, 3.05) is 13.7 Å². The van der Waals surface area contributed by atoms with Gasteiger partial charge >= 0.3 is 0 Å². The van der Waals surface area contributed by atoms with Crippen LogP contribution in [-0.2, 0) is 16.8 Å². The zero-order valence-electron chi connectivity index (χ0n) is 21.2. The fraction of sp³-hybridized carbons (Fsp3) is 0.310. The molecule has 0 aliphatic heterocycles. The Morgan fingerprint density at radius 1 is 0.972 bits per heavy atom. The van der Waals surface area contributed by atoms with Crippen molar-refractivity contribution >= 4 is 28.1 Å². The van der Waals surface area contributed by atoms with Gasteiger partial charge in [-0.25, -0.2) is 5.43 Å². The quantitative estimate of drug-likeness (QED) is 0.164. The molecule has 0 aliphatic rings. The van der Waals surface area contributed by atoms with E-state index in [2.05, 4.69) is 59.4 Å². The fourth-order valence-corrected chi connectivity index (χ4v) is 3.85. The Balaban J connectivity index is 1.42. The highest BCUT2D eigenvalue weighted by atomic mass is 79.9. The standard InChI is InChI=1S/C29H33BrN2O4/c1-29(2,3)23-13-15-25(24(30)18-23)35-16-8-11-28(33)32-31-19-22-12-14-26(27(17-22)34-4)36-20-21-9-6-5-7-10-21/h5-7,9-10,12-15,17-19H,8,11,16,20H2,1-4H3,(H,32,33)/b31-19+. The topological polar surface area (TPSA) is 69.2 Å². The first-order valence-electron chi connectivity index (χ1n) is 11.9. The van der Waals surface area contributed by atoms with Gasteiger partial charge in [-0.1, -0.05) is 57.2 Å². The van der Waals surface area contributed by atoms with Crippen molar-refractivity contribution in [1.82, 2.24) is 5.43 Å². The molecular weight excluding hydrogens is 520 g/mol. The van der Waals surface area contributed by atoms with Crippen LogP contribution >= 0.6 is 15.9 Å². The molecule has 1 N–H and O–H groups in total. The predicted octanol–water partition coefficient (Wildman–Crippen LogP) is 6.64. The number of hydrogen-bond acceptors (Lipinski definition) is 5. The first-order valence-corrected chi connectivity index (χ1v) is 12.6. The Kier molecular flexibility index (Phi) is 9.94. The summed E-state index contributed by atoms with van der Waals surface area (Å²) in [5.74, 6) is 1.83. The van der Waals surface area contributed by atoms with Crippen LogP contribution in [0.15, 0.2) is 76.3 Å². The van der Waals surface area contributed by atoms with Crippen molar-refractivity contribution in [3.63, 3.8) is 0 Å². The number of hydrogen-bond donors (Lipinski definition) is 1. The van der Waals surface area contributed by atoms with Crippen molar-refractivity contribution < 1.29 is 19.0 Å². The van der Waals surface area contributed by atoms with Gasteiger partial charge in [0.1, 0.15) is 12.4 Å². The van der Waals surface area contributed by atoms with E-state index in [-0.39, 0.29) is 11.3 Å². The number of ether oxygens (including phenoxy) is 3. The minimum Gasteiger partial charge on any atom is -0.493 e. The highest BCUT2D eigenvalue weighted by Gasteiger charge is 2.15. The van der Waals surface area contributed by atoms with Crippen molar-refractivity contribution in [2.45, 2.75) is 45.6 Å². The molecule has 0 saturated carbocycles. The lowest BCUT2D eigenvalue weighted by Crippen LogP contribution is -2.18. The van der Waals surface area contributed by atoms with Crippen molar-refractivity contribution in [3.8, 4) is 17.2 Å². The predicted molar refractivity (Wildman–Crippen MR) is 147 cm³/mol. The van der Waals surface area contributed by atoms with Crippen LogP contribution in [0.3, 0.4) is 0 Å². The molecular formula is C29H33BrN2O4. The molecule has 0 radical (unpaired) electrons. The van der Waals surface area contributed by atoms with E-state index in [1.54, 1.807) is 13.3 Å². The molecule has 3 rings (SSSR count). The van der Waals surface area contributed by atoms with Crippen molar-refractivity contribution in [1.29, 1.82) is 0 Å². The number of halogens is 1. The highest BCUT2D eigenvalue weighted by molar-refractivity contribution is 9.10. The molecule has 3 aromatic carbocycles. The van der Waals surface area contributed by atoms with Crippen LogP contribution in [-0.4, -0.2) is 25.8 Å². The van der Waals surface area contributed by atoms with E-state index in [0.29, 0.717) is 37.6 Å². The monoisotopic (exact) mass is 552 g/mol. The van der Waals surface area contributed by atoms with E-state index in [1.807, 2.05) is 54.6 Å². The number of rotatable bonds is 11. The van der Waals surface area contributed by atoms with Gasteiger partial charge < -0.3 is 14.2 Å². The molecule has 0 saturated heterocycles. The number of amides is 1. The van der Waals surface area contributed by atoms with Crippen LogP contribution in [0.4, 0.5) is 0 Å². The summed E-state index contributed by atoms with van der Waals surface area (Å²) in [6, 6.07) is 21.5. The van der Waals surface area contributed by atoms with E-state index < -0.39 is 0 Å². The summed E-state index contributed by atoms with van der Waals surface area (Å²) < 4.78 is 18.1. The number of carbonyl (C=O) groups excluding carboxylic acids is 1. The minimum atomic E-state index is -0.174. The number of nitrogens with zero attached hydrogens (tertiary/aromatic N) is 1. The van der Waals surface area contributed by atoms with E-state index in [9.17, 15) is 4.79 Å². The summed E-state index contributed by atoms with van der Waals surface area (Å²) in [5, 5.41) is 4.05. The Labute approximate surface area is 221 Å². The van der Waals surface area contributed by atoms with Gasteiger partial charge in [0, 0.05) is 6.42 Å². The second-order valence-electron chi connectivity index (χ2n) is 9.32. The van der Waals surface area contributed by atoms with Crippen LogP contribution in [0, 0.1) is 0 Å². The van der Waals surface area contributed by atoms with Gasteiger partial charge in [-0.05, 0) is 74.8 Å². The summed E-state index contributed by atoms with van der Waals surface area (Å²) in [6.07, 6.45) is 2.46. The zero-order chi connectivity index (χ0) is 26.0. The summed E-state index contributed by atoms with van der Waals surface area (Å²) in [4.78, 5) is 12.1. The highest BCUT2D eigenvalue weighted by Crippen LogP contribution is 2.31. The van der Waals surface area contributed by atoms with Crippen molar-refractivity contribution in [2.24, 2.45) is 5.10 Å². The van der Waals surface area contributed by atoms with Gasteiger partial charge in [0.15, 0.2) is 11.5 Å². The van der Waals surface area contributed by atoms with Gasteiger partial charge in [-0.3, -0.25) is 4.79 Å². The second-order valence-corrected chi connectivity index (χ2v) is 10.2. The Hall–Kier alpha value is -3.32. The van der Waals surface area contributed by atoms with Crippen LogP contribution in [0.1, 0.15) is 50.3 Å². The number of carbonyl (C=O) groups is 1. The Bertz CT molecular complexity index is 1170. The van der Waals surface area contributed by atoms with Crippen LogP contribution < -0.4 is 19.6 Å². The molecule has 0 atom stereocenters. The first kappa shape index (κ1) is 27.3. The molecule has 3 aromatic rings. The third-order valence-electron chi connectivity index (χ3n) is 5.43. The smallest absolute Gasteiger partial charge is 0.240 e. The molecule has 0 spiro atoms. The first-order chi connectivity index (χ1) is 17.3. The lowest BCUT2D eigenvalue weighted by molar-refractivity contribution is -0.121. The van der Waals surface area contributed by atoms with Gasteiger partial charge in [-0.15, -0.1) is 0 Å². The maximum absolute atomic E-state index is 12.1. The molecule has 0 aromatic heterocycles. The average molecular weight is 553 g/mol. The SMILES string of the molecule is COc1cc(/C=N/NC(=O)CCCOc2ccc(C(C)(C)C)cc2Br)ccc1OCc1ccccc1. The van der Waals surface area contributed by atoms with Gasteiger partial charge in [0.25, 0.3) is 0 Å². The van der Waals surface area contributed by atoms with E-state index in [0.717, 1.165) is 21.3 Å². The zero-order valence-corrected chi connectivity index (χ0v) is 22.8. The molecule has 0 unspecified atom stereocenters. The second kappa shape index (κ2) is 13.1. The minimum absolute atomic E-state index is 0.0724. The van der Waals surface area contributed by atoms with Crippen LogP contribution in [0.2, 0.25) is 0 Å². The number of benzene rings is 3. The Morgan fingerprint density at radius 3 is 2.42 bits per heavy atom. The summed E-state index contributed by atoms with van der Waals surface area (Å²) in [6.45, 7) is 7.40. The molecule has 0 heterocycles. The normalized spacial score (nSPS) is 11.4. The third-order valence-corrected chi connectivity index (χ3v) is 6.05. The summed E-state index contributed by atoms with van der Waals surface area (Å²) >= 11 is 3.57. The van der Waals surface area contributed by atoms with E-state index >= 15 is 0 Å². The number of nitrogens with one attached hydrogen (secondary N) is 1. The maximum Gasteiger partial charge on any atom is 0.240 e. The lowest BCUT2D eigenvalue weighted by atomic mass is 9.87. The number of methoxy groups -OCH3 is 1. The van der Waals surface area contributed by atoms with Gasteiger partial charge in [-0.2, -0.15) is 5.10 Å². The fourth-order valence-electron chi connectivity index (χ4n) is 3.35. The van der Waals surface area contributed by atoms with Crippen LogP contribution in [0.25, 0.3) is 0 Å². The average Bonchev–Trinajstić information content (AvgIpc) is 2.86. The largest absolute Gasteiger partial charge is 0.493 e. The molecule has 0 aliphatic carbocycles. The molecule has 7 heteroatoms. The Morgan fingerprint density at radius 2 is 1.72 bits per heavy atom. The molecule has 1 amide bonds. The summed E-state index contributed by atoms with van der Waals surface area (Å²) in [5.41, 5.74) is 5.71. The maximum atomic E-state index is 12.1.